The van der Waals surface area contributed by atoms with Crippen molar-refractivity contribution in [1.29, 1.82) is 0 Å². The zero-order valence-electron chi connectivity index (χ0n) is 51.2. The molecule has 23 nitrogen and oxygen atoms in total. The van der Waals surface area contributed by atoms with Crippen molar-refractivity contribution in [2.24, 2.45) is 41.2 Å². The molecule has 2 fully saturated rings. The maximum absolute atomic E-state index is 11.5. The summed E-state index contributed by atoms with van der Waals surface area (Å²) in [7, 11) is 8.32. The molecule has 0 amide bonds. The van der Waals surface area contributed by atoms with Gasteiger partial charge in [0.1, 0.15) is 85.3 Å². The largest absolute Gasteiger partial charge is 0.463 e. The first-order valence-corrected chi connectivity index (χ1v) is 25.3. The van der Waals surface area contributed by atoms with Gasteiger partial charge in [0.05, 0.1) is 23.0 Å². The van der Waals surface area contributed by atoms with Crippen molar-refractivity contribution in [3.63, 3.8) is 0 Å². The minimum Gasteiger partial charge on any atom is -0.463 e. The Morgan fingerprint density at radius 2 is 0.744 bits per heavy atom. The van der Waals surface area contributed by atoms with E-state index in [0.29, 0.717) is 0 Å². The maximum atomic E-state index is 11.5. The second kappa shape index (κ2) is 57.1. The molecule has 10 atom stereocenters. The van der Waals surface area contributed by atoms with Crippen LogP contribution in [-0.2, 0) is 57.2 Å². The Bertz CT molecular complexity index is 1490. The van der Waals surface area contributed by atoms with Crippen LogP contribution in [0, 0.1) is 35.5 Å². The maximum Gasteiger partial charge on any atom is 0.308 e. The standard InChI is InChI=1S/C14H26O7.C10H18O7.C8H17NO.C8H16O2.2C5H10O.CH5N.2CH4O.6CH4/c1-7(2)13(18)20-6-8-9(15)10(16)11(17)12(21-8)14(3,4)19-5;1-4(2)9(14)16-3-5-6(11)7(12)8(13)10(15)17-5;1-6(2)7(10)8(3,4)9-5;1-6(2)7(9)8(3,4)10-5;2*1-4(2)5(3)6;3*1-2;;;;;;/h7-12,15-17H,6H2,1-5H3;4-8,10-13,15H,3H2,1-2H3;6,9H,1-5H3;6H,1-5H3;2*4H,1-3H3;2H2,1H3;2*2H,1H3;6*1H4. The fourth-order valence-corrected chi connectivity index (χ4v) is 5.15. The number of hydrogen-bond acceptors (Lipinski definition) is 23. The van der Waals surface area contributed by atoms with Gasteiger partial charge in [-0.25, -0.2) is 0 Å². The number of carbonyl (C=O) groups is 6. The number of nitrogens with one attached hydrogen (secondary N) is 1. The molecule has 0 aromatic heterocycles. The Kier molecular flexibility index (Phi) is 76.9. The Morgan fingerprint density at radius 1 is 0.463 bits per heavy atom. The van der Waals surface area contributed by atoms with E-state index in [9.17, 15) is 64.5 Å². The number of ether oxygens (including phenoxy) is 6. The van der Waals surface area contributed by atoms with Gasteiger partial charge in [0, 0.05) is 52.1 Å². The van der Waals surface area contributed by atoms with Crippen LogP contribution in [0.25, 0.3) is 0 Å². The average molecular weight is 1210 g/mol. The summed E-state index contributed by atoms with van der Waals surface area (Å²) in [6.07, 6.45) is -13.1. The third kappa shape index (κ3) is 46.3. The lowest BCUT2D eigenvalue weighted by Gasteiger charge is -2.46. The molecule has 10 unspecified atom stereocenters. The summed E-state index contributed by atoms with van der Waals surface area (Å²) in [5.41, 5.74) is 2.64. The van der Waals surface area contributed by atoms with E-state index in [2.05, 4.69) is 11.1 Å². The fraction of sp³-hybridized carbons (Fsp3) is 0.898. The van der Waals surface area contributed by atoms with Crippen molar-refractivity contribution in [1.82, 2.24) is 5.32 Å². The van der Waals surface area contributed by atoms with E-state index in [1.807, 2.05) is 69.2 Å². The summed E-state index contributed by atoms with van der Waals surface area (Å²) in [6.45, 7) is 35.3. The molecule has 2 aliphatic rings. The molecule has 0 aromatic carbocycles. The van der Waals surface area contributed by atoms with Gasteiger partial charge in [-0.05, 0) is 69.5 Å². The molecule has 0 aromatic rings. The Balaban J connectivity index is -0.0000000643. The molecule has 0 spiro atoms. The van der Waals surface area contributed by atoms with E-state index in [4.69, 9.17) is 38.6 Å². The number of Topliss-reactive ketones (excluding diaryl/α,β-unsaturated/α-hetero) is 4. The Morgan fingerprint density at radius 3 is 0.951 bits per heavy atom. The molecule has 0 bridgehead atoms. The van der Waals surface area contributed by atoms with Gasteiger partial charge in [0.2, 0.25) is 0 Å². The van der Waals surface area contributed by atoms with Crippen molar-refractivity contribution in [2.75, 3.05) is 55.7 Å². The normalized spacial score (nSPS) is 21.2. The molecular weight excluding hydrogens is 1070 g/mol. The molecule has 2 aliphatic heterocycles. The Hall–Kier alpha value is -2.98. The highest BCUT2D eigenvalue weighted by Crippen LogP contribution is 2.30. The number of methoxy groups -OCH3 is 2. The van der Waals surface area contributed by atoms with Crippen molar-refractivity contribution in [2.45, 2.75) is 261 Å². The highest BCUT2D eigenvalue weighted by atomic mass is 16.7. The van der Waals surface area contributed by atoms with Gasteiger partial charge in [-0.2, -0.15) is 0 Å². The first kappa shape index (κ1) is 110. The van der Waals surface area contributed by atoms with Crippen molar-refractivity contribution in [3.05, 3.63) is 0 Å². The molecular formula is C59H134N2O21. The summed E-state index contributed by atoms with van der Waals surface area (Å²) < 4.78 is 30.6. The van der Waals surface area contributed by atoms with Crippen LogP contribution < -0.4 is 11.1 Å². The number of aliphatic hydroxyl groups is 9. The topological polar surface area (TPSA) is 378 Å². The van der Waals surface area contributed by atoms with Gasteiger partial charge in [0.15, 0.2) is 17.9 Å². The fourth-order valence-electron chi connectivity index (χ4n) is 5.15. The second-order valence-electron chi connectivity index (χ2n) is 20.6. The van der Waals surface area contributed by atoms with Gasteiger partial charge in [0.25, 0.3) is 0 Å². The number of likely N-dealkylation sites (N-methyl/N-ethyl adjacent to an activating group) is 1. The quantitative estimate of drug-likeness (QED) is 0.0866. The highest BCUT2D eigenvalue weighted by molar-refractivity contribution is 5.89. The number of carbonyl (C=O) groups excluding carboxylic acids is 6. The van der Waals surface area contributed by atoms with Crippen LogP contribution in [0.5, 0.6) is 0 Å². The first-order chi connectivity index (χ1) is 34.6. The van der Waals surface area contributed by atoms with E-state index >= 15 is 0 Å². The Labute approximate surface area is 500 Å². The van der Waals surface area contributed by atoms with Crippen LogP contribution in [0.1, 0.15) is 183 Å². The van der Waals surface area contributed by atoms with E-state index in [1.165, 1.54) is 14.2 Å². The number of nitrogens with two attached hydrogens (primary N) is 1. The molecule has 0 aliphatic carbocycles. The third-order valence-electron chi connectivity index (χ3n) is 11.4. The predicted molar refractivity (Wildman–Crippen MR) is 330 cm³/mol. The minimum atomic E-state index is -1.61. The highest BCUT2D eigenvalue weighted by Gasteiger charge is 2.50. The number of aliphatic hydroxyl groups excluding tert-OH is 9. The number of hydrogen-bond donors (Lipinski definition) is 11. The molecule has 506 valence electrons. The molecule has 2 rings (SSSR count). The van der Waals surface area contributed by atoms with Crippen LogP contribution in [-0.4, -0.2) is 215 Å². The molecule has 82 heavy (non-hydrogen) atoms. The van der Waals surface area contributed by atoms with Gasteiger partial charge >= 0.3 is 11.9 Å². The van der Waals surface area contributed by atoms with Crippen LogP contribution in [0.15, 0.2) is 0 Å². The van der Waals surface area contributed by atoms with Crippen LogP contribution in [0.4, 0.5) is 0 Å². The SMILES string of the molecule is C.C.C.C.C.C.CC(=O)C(C)C.CC(=O)C(C)C.CC(C)C(=O)OCC1OC(O)C(O)C(O)C1O.CN.CNC(C)(C)C(=O)C(C)C.CO.CO.COC(C)(C)C(=O)C(C)C.COC(C)(C)C1OC(COC(=O)C(C)C)C(O)C(O)C1O. The molecule has 12 N–H and O–H groups in total. The van der Waals surface area contributed by atoms with E-state index in [1.54, 1.807) is 83.4 Å². The predicted octanol–water partition coefficient (Wildman–Crippen LogP) is 5.36. The first-order valence-electron chi connectivity index (χ1n) is 25.3. The van der Waals surface area contributed by atoms with E-state index in [-0.39, 0.29) is 122 Å². The summed E-state index contributed by atoms with van der Waals surface area (Å²) in [5, 5.41) is 84.3. The number of ketones is 4. The van der Waals surface area contributed by atoms with Gasteiger partial charge < -0.3 is 85.4 Å². The monoisotopic (exact) mass is 1210 g/mol. The van der Waals surface area contributed by atoms with Gasteiger partial charge in [-0.3, -0.25) is 28.8 Å². The lowest BCUT2D eigenvalue weighted by Crippen LogP contribution is -2.64. The van der Waals surface area contributed by atoms with Crippen molar-refractivity contribution < 1.29 is 103 Å². The molecule has 0 radical (unpaired) electrons. The molecule has 2 saturated heterocycles. The summed E-state index contributed by atoms with van der Waals surface area (Å²) in [4.78, 5) is 65.6. The average Bonchev–Trinajstić information content (AvgIpc) is 3.37. The van der Waals surface area contributed by atoms with Crippen LogP contribution in [0.2, 0.25) is 0 Å². The lowest BCUT2D eigenvalue weighted by molar-refractivity contribution is -0.287. The lowest BCUT2D eigenvalue weighted by atomic mass is 9.87. The van der Waals surface area contributed by atoms with Crippen LogP contribution in [0.3, 0.4) is 0 Å². The molecule has 2 heterocycles. The summed E-state index contributed by atoms with van der Waals surface area (Å²) in [5.74, 6) is -0.00380. The van der Waals surface area contributed by atoms with E-state index < -0.39 is 84.4 Å². The van der Waals surface area contributed by atoms with Crippen molar-refractivity contribution in [3.8, 4) is 0 Å². The second-order valence-corrected chi connectivity index (χ2v) is 20.6. The van der Waals surface area contributed by atoms with Crippen molar-refractivity contribution >= 4 is 35.1 Å². The molecule has 0 saturated carbocycles. The molecule has 23 heteroatoms. The summed E-state index contributed by atoms with van der Waals surface area (Å²) >= 11 is 0. The third-order valence-corrected chi connectivity index (χ3v) is 11.4. The zero-order valence-corrected chi connectivity index (χ0v) is 51.2. The van der Waals surface area contributed by atoms with E-state index in [0.717, 1.165) is 14.2 Å². The summed E-state index contributed by atoms with van der Waals surface area (Å²) in [6, 6.07) is 0. The smallest absolute Gasteiger partial charge is 0.308 e. The number of rotatable bonds is 16. The van der Waals surface area contributed by atoms with Gasteiger partial charge in [-0.15, -0.1) is 0 Å². The van der Waals surface area contributed by atoms with Gasteiger partial charge in [-0.1, -0.05) is 128 Å². The zero-order chi connectivity index (χ0) is 62.6. The minimum absolute atomic E-state index is 0. The number of esters is 2. The van der Waals surface area contributed by atoms with Crippen LogP contribution >= 0.6 is 0 Å².